The number of halogens is 4. The maximum Gasteiger partial charge on any atom is 0.379 e. The van der Waals surface area contributed by atoms with Crippen LogP contribution in [0.3, 0.4) is 0 Å². The summed E-state index contributed by atoms with van der Waals surface area (Å²) in [5.74, 6) is -6.57. The van der Waals surface area contributed by atoms with Crippen LogP contribution in [-0.4, -0.2) is 18.5 Å². The number of hydrogen-bond acceptors (Lipinski definition) is 4. The third-order valence-electron chi connectivity index (χ3n) is 2.41. The van der Waals surface area contributed by atoms with Crippen LogP contribution < -0.4 is 5.73 Å². The fraction of sp³-hybridized carbons (Fsp3) is 0.333. The van der Waals surface area contributed by atoms with E-state index in [1.54, 1.807) is 0 Å². The smallest absolute Gasteiger partial charge is 0.379 e. The van der Waals surface area contributed by atoms with Crippen molar-refractivity contribution in [3.8, 4) is 6.07 Å². The molecule has 1 atom stereocenters. The van der Waals surface area contributed by atoms with Crippen LogP contribution in [0, 0.1) is 17.1 Å². The van der Waals surface area contributed by atoms with Gasteiger partial charge in [0.2, 0.25) is 0 Å². The van der Waals surface area contributed by atoms with E-state index in [0.717, 1.165) is 18.2 Å². The van der Waals surface area contributed by atoms with Gasteiger partial charge in [0.05, 0.1) is 12.2 Å². The second-order valence-electron chi connectivity index (χ2n) is 3.67. The number of carbonyl (C=O) groups excluding carboxylic acids is 1. The van der Waals surface area contributed by atoms with Crippen LogP contribution in [0.4, 0.5) is 13.2 Å². The molecule has 0 aliphatic rings. The molecule has 0 spiro atoms. The van der Waals surface area contributed by atoms with Crippen molar-refractivity contribution in [2.45, 2.75) is 18.9 Å². The lowest BCUT2D eigenvalue weighted by molar-refractivity contribution is -0.174. The molecule has 0 fully saturated rings. The normalized spacial score (nSPS) is 12.0. The molecule has 0 aromatic heterocycles. The molecule has 1 aromatic carbocycles. The Morgan fingerprint density at radius 2 is 2.15 bits per heavy atom. The van der Waals surface area contributed by atoms with Gasteiger partial charge >= 0.3 is 11.9 Å². The maximum atomic E-state index is 13.6. The summed E-state index contributed by atoms with van der Waals surface area (Å²) in [5, 5.41) is 8.61. The first kappa shape index (κ1) is 18.2. The number of nitrogens with zero attached hydrogens (tertiary/aromatic N) is 1. The Kier molecular flexibility index (Phi) is 6.49. The lowest BCUT2D eigenvalue weighted by Gasteiger charge is -2.22. The molecule has 0 aliphatic heterocycles. The van der Waals surface area contributed by atoms with Crippen molar-refractivity contribution < 1.29 is 22.7 Å². The summed E-state index contributed by atoms with van der Waals surface area (Å²) >= 11 is 0. The number of esters is 1. The summed E-state index contributed by atoms with van der Waals surface area (Å²) in [6.07, 6.45) is 0. The first-order chi connectivity index (χ1) is 8.84. The number of nitrogens with two attached hydrogens (primary N) is 1. The molecule has 0 radical (unpaired) electrons. The highest BCUT2D eigenvalue weighted by atomic mass is 35.5. The highest BCUT2D eigenvalue weighted by Gasteiger charge is 2.47. The molecule has 4 nitrogen and oxygen atoms in total. The van der Waals surface area contributed by atoms with Gasteiger partial charge in [0.1, 0.15) is 17.9 Å². The molecule has 2 N–H and O–H groups in total. The van der Waals surface area contributed by atoms with Gasteiger partial charge in [-0.05, 0) is 24.6 Å². The minimum Gasteiger partial charge on any atom is -0.462 e. The van der Waals surface area contributed by atoms with Crippen LogP contribution in [-0.2, 0) is 9.53 Å². The number of rotatable bonds is 4. The van der Waals surface area contributed by atoms with E-state index in [4.69, 9.17) is 11.0 Å². The molecule has 0 unspecified atom stereocenters. The van der Waals surface area contributed by atoms with Crippen molar-refractivity contribution in [3.63, 3.8) is 0 Å². The molecule has 0 heterocycles. The Labute approximate surface area is 119 Å². The van der Waals surface area contributed by atoms with Crippen LogP contribution in [0.1, 0.15) is 24.1 Å². The van der Waals surface area contributed by atoms with Gasteiger partial charge in [0, 0.05) is 0 Å². The standard InChI is InChI=1S/C12H11F3N2O2.ClH/c1-2-19-11(18)12(14,15)10(17)7-3-4-9(13)8(5-7)6-16;/h3-5,10H,2,17H2,1H3;1H/t10-;/m0./s1. The third kappa shape index (κ3) is 3.62. The number of benzene rings is 1. The van der Waals surface area contributed by atoms with Gasteiger partial charge in [0.15, 0.2) is 0 Å². The van der Waals surface area contributed by atoms with Gasteiger partial charge < -0.3 is 10.5 Å². The second-order valence-corrected chi connectivity index (χ2v) is 3.67. The van der Waals surface area contributed by atoms with E-state index in [1.165, 1.54) is 13.0 Å². The topological polar surface area (TPSA) is 76.1 Å². The summed E-state index contributed by atoms with van der Waals surface area (Å²) in [4.78, 5) is 11.1. The van der Waals surface area contributed by atoms with E-state index in [9.17, 15) is 18.0 Å². The van der Waals surface area contributed by atoms with Crippen molar-refractivity contribution in [1.82, 2.24) is 0 Å². The first-order valence-corrected chi connectivity index (χ1v) is 5.34. The van der Waals surface area contributed by atoms with Crippen molar-refractivity contribution in [2.24, 2.45) is 5.73 Å². The van der Waals surface area contributed by atoms with Crippen molar-refractivity contribution in [1.29, 1.82) is 5.26 Å². The first-order valence-electron chi connectivity index (χ1n) is 5.34. The van der Waals surface area contributed by atoms with Gasteiger partial charge in [0.25, 0.3) is 0 Å². The Morgan fingerprint density at radius 3 is 2.65 bits per heavy atom. The Balaban J connectivity index is 0.00000361. The van der Waals surface area contributed by atoms with Crippen molar-refractivity contribution in [2.75, 3.05) is 6.61 Å². The molecular formula is C12H12ClF3N2O2. The van der Waals surface area contributed by atoms with Crippen LogP contribution in [0.15, 0.2) is 18.2 Å². The van der Waals surface area contributed by atoms with Gasteiger partial charge in [-0.15, -0.1) is 12.4 Å². The molecule has 0 saturated heterocycles. The molecule has 1 aromatic rings. The quantitative estimate of drug-likeness (QED) is 0.866. The molecule has 0 aliphatic carbocycles. The number of hydrogen-bond donors (Lipinski definition) is 1. The zero-order valence-corrected chi connectivity index (χ0v) is 11.2. The van der Waals surface area contributed by atoms with Gasteiger partial charge in [-0.2, -0.15) is 14.0 Å². The Bertz CT molecular complexity index is 532. The predicted molar refractivity (Wildman–Crippen MR) is 66.9 cm³/mol. The van der Waals surface area contributed by atoms with Gasteiger partial charge in [-0.25, -0.2) is 9.18 Å². The van der Waals surface area contributed by atoms with E-state index in [1.807, 2.05) is 0 Å². The maximum absolute atomic E-state index is 13.6. The SMILES string of the molecule is CCOC(=O)C(F)(F)[C@@H](N)c1ccc(F)c(C#N)c1.Cl. The zero-order chi connectivity index (χ0) is 14.6. The van der Waals surface area contributed by atoms with Crippen molar-refractivity contribution in [3.05, 3.63) is 35.1 Å². The lowest BCUT2D eigenvalue weighted by atomic mass is 9.99. The van der Waals surface area contributed by atoms with Crippen LogP contribution in [0.2, 0.25) is 0 Å². The minimum absolute atomic E-state index is 0. The van der Waals surface area contributed by atoms with Crippen LogP contribution >= 0.6 is 12.4 Å². The molecule has 0 saturated carbocycles. The fourth-order valence-electron chi connectivity index (χ4n) is 1.39. The molecule has 8 heteroatoms. The third-order valence-corrected chi connectivity index (χ3v) is 2.41. The molecule has 1 rings (SSSR count). The molecule has 0 bridgehead atoms. The average Bonchev–Trinajstić information content (AvgIpc) is 2.38. The highest BCUT2D eigenvalue weighted by molar-refractivity contribution is 5.85. The fourth-order valence-corrected chi connectivity index (χ4v) is 1.39. The highest BCUT2D eigenvalue weighted by Crippen LogP contribution is 2.31. The predicted octanol–water partition coefficient (Wildman–Crippen LogP) is 2.32. The minimum atomic E-state index is -3.96. The zero-order valence-electron chi connectivity index (χ0n) is 10.4. The molecular weight excluding hydrogens is 297 g/mol. The Morgan fingerprint density at radius 1 is 1.55 bits per heavy atom. The monoisotopic (exact) mass is 308 g/mol. The summed E-state index contributed by atoms with van der Waals surface area (Å²) < 4.78 is 44.6. The summed E-state index contributed by atoms with van der Waals surface area (Å²) in [6, 6.07) is 2.21. The van der Waals surface area contributed by atoms with Crippen LogP contribution in [0.25, 0.3) is 0 Å². The number of alkyl halides is 2. The van der Waals surface area contributed by atoms with Crippen LogP contribution in [0.5, 0.6) is 0 Å². The van der Waals surface area contributed by atoms with E-state index >= 15 is 0 Å². The van der Waals surface area contributed by atoms with Gasteiger partial charge in [-0.1, -0.05) is 6.07 Å². The van der Waals surface area contributed by atoms with Gasteiger partial charge in [-0.3, -0.25) is 0 Å². The summed E-state index contributed by atoms with van der Waals surface area (Å²) in [7, 11) is 0. The largest absolute Gasteiger partial charge is 0.462 e. The molecule has 0 amide bonds. The molecule has 110 valence electrons. The average molecular weight is 309 g/mol. The second kappa shape index (κ2) is 7.12. The molecule has 20 heavy (non-hydrogen) atoms. The Hall–Kier alpha value is -1.78. The lowest BCUT2D eigenvalue weighted by Crippen LogP contribution is -2.41. The summed E-state index contributed by atoms with van der Waals surface area (Å²) in [5.41, 5.74) is 4.65. The van der Waals surface area contributed by atoms with E-state index in [-0.39, 0.29) is 24.6 Å². The van der Waals surface area contributed by atoms with E-state index in [0.29, 0.717) is 0 Å². The summed E-state index contributed by atoms with van der Waals surface area (Å²) in [6.45, 7) is 1.17. The van der Waals surface area contributed by atoms with Crippen molar-refractivity contribution >= 4 is 18.4 Å². The van der Waals surface area contributed by atoms with E-state index in [2.05, 4.69) is 4.74 Å². The van der Waals surface area contributed by atoms with E-state index < -0.39 is 29.3 Å². The number of carbonyl (C=O) groups is 1. The number of ether oxygens (including phenoxy) is 1. The number of nitriles is 1.